The summed E-state index contributed by atoms with van der Waals surface area (Å²) in [6, 6.07) is 10.7. The first kappa shape index (κ1) is 11.3. The SMILES string of the molecule is CNCC(c1ccccc1)C(C)(C)C. The lowest BCUT2D eigenvalue weighted by molar-refractivity contribution is 0.314. The number of nitrogens with one attached hydrogen (secondary N) is 1. The van der Waals surface area contributed by atoms with Gasteiger partial charge < -0.3 is 5.32 Å². The molecule has 0 aromatic heterocycles. The summed E-state index contributed by atoms with van der Waals surface area (Å²) >= 11 is 0. The molecule has 0 fully saturated rings. The first-order valence-electron chi connectivity index (χ1n) is 5.25. The van der Waals surface area contributed by atoms with Crippen LogP contribution in [0, 0.1) is 5.41 Å². The van der Waals surface area contributed by atoms with Crippen LogP contribution in [0.15, 0.2) is 30.3 Å². The Labute approximate surface area is 87.5 Å². The highest BCUT2D eigenvalue weighted by atomic mass is 14.8. The molecule has 0 saturated heterocycles. The Morgan fingerprint density at radius 3 is 2.14 bits per heavy atom. The second-order valence-electron chi connectivity index (χ2n) is 4.89. The Bertz CT molecular complexity index is 258. The normalized spacial score (nSPS) is 14.0. The average molecular weight is 191 g/mol. The number of benzene rings is 1. The van der Waals surface area contributed by atoms with Crippen LogP contribution in [0.25, 0.3) is 0 Å². The van der Waals surface area contributed by atoms with E-state index in [2.05, 4.69) is 56.4 Å². The Morgan fingerprint density at radius 1 is 1.14 bits per heavy atom. The lowest BCUT2D eigenvalue weighted by Gasteiger charge is -2.31. The molecule has 14 heavy (non-hydrogen) atoms. The van der Waals surface area contributed by atoms with E-state index in [0.29, 0.717) is 11.3 Å². The maximum absolute atomic E-state index is 3.27. The molecule has 0 saturated carbocycles. The van der Waals surface area contributed by atoms with Gasteiger partial charge in [-0.15, -0.1) is 0 Å². The van der Waals surface area contributed by atoms with E-state index in [1.807, 2.05) is 7.05 Å². The molecule has 1 nitrogen and oxygen atoms in total. The molecule has 0 bridgehead atoms. The van der Waals surface area contributed by atoms with Crippen molar-refractivity contribution in [3.05, 3.63) is 35.9 Å². The van der Waals surface area contributed by atoms with Gasteiger partial charge in [-0.1, -0.05) is 51.1 Å². The van der Waals surface area contributed by atoms with E-state index in [0.717, 1.165) is 6.54 Å². The van der Waals surface area contributed by atoms with Crippen molar-refractivity contribution in [1.29, 1.82) is 0 Å². The quantitative estimate of drug-likeness (QED) is 0.774. The van der Waals surface area contributed by atoms with E-state index in [4.69, 9.17) is 0 Å². The van der Waals surface area contributed by atoms with Crippen LogP contribution in [-0.2, 0) is 0 Å². The second kappa shape index (κ2) is 4.61. The maximum Gasteiger partial charge on any atom is 0.00221 e. The molecule has 0 aliphatic heterocycles. The number of hydrogen-bond acceptors (Lipinski definition) is 1. The van der Waals surface area contributed by atoms with Crippen molar-refractivity contribution in [2.24, 2.45) is 5.41 Å². The van der Waals surface area contributed by atoms with Crippen LogP contribution in [0.4, 0.5) is 0 Å². The maximum atomic E-state index is 3.27. The number of rotatable bonds is 3. The largest absolute Gasteiger partial charge is 0.319 e. The molecular weight excluding hydrogens is 170 g/mol. The standard InChI is InChI=1S/C13H21N/c1-13(2,3)12(10-14-4)11-8-6-5-7-9-11/h5-9,12,14H,10H2,1-4H3. The van der Waals surface area contributed by atoms with Gasteiger partial charge in [-0.05, 0) is 18.0 Å². The van der Waals surface area contributed by atoms with E-state index < -0.39 is 0 Å². The molecule has 0 aliphatic carbocycles. The van der Waals surface area contributed by atoms with Gasteiger partial charge in [0.1, 0.15) is 0 Å². The molecular formula is C13H21N. The summed E-state index contributed by atoms with van der Waals surface area (Å²) in [4.78, 5) is 0. The van der Waals surface area contributed by atoms with Crippen molar-refractivity contribution in [3.63, 3.8) is 0 Å². The van der Waals surface area contributed by atoms with Gasteiger partial charge >= 0.3 is 0 Å². The predicted molar refractivity (Wildman–Crippen MR) is 62.6 cm³/mol. The Balaban J connectivity index is 2.89. The molecule has 1 aromatic rings. The Hall–Kier alpha value is -0.820. The third kappa shape index (κ3) is 2.85. The third-order valence-corrected chi connectivity index (χ3v) is 2.66. The summed E-state index contributed by atoms with van der Waals surface area (Å²) in [5.41, 5.74) is 1.74. The molecule has 0 amide bonds. The lowest BCUT2D eigenvalue weighted by atomic mass is 9.76. The average Bonchev–Trinajstić information content (AvgIpc) is 2.14. The minimum Gasteiger partial charge on any atom is -0.319 e. The first-order chi connectivity index (χ1) is 6.55. The van der Waals surface area contributed by atoms with Gasteiger partial charge in [0.15, 0.2) is 0 Å². The molecule has 1 heteroatoms. The molecule has 0 radical (unpaired) electrons. The van der Waals surface area contributed by atoms with Crippen LogP contribution in [0.2, 0.25) is 0 Å². The van der Waals surface area contributed by atoms with E-state index in [1.165, 1.54) is 5.56 Å². The fourth-order valence-corrected chi connectivity index (χ4v) is 1.81. The zero-order valence-corrected chi connectivity index (χ0v) is 9.67. The molecule has 1 rings (SSSR count). The van der Waals surface area contributed by atoms with Crippen molar-refractivity contribution >= 4 is 0 Å². The summed E-state index contributed by atoms with van der Waals surface area (Å²) in [5.74, 6) is 0.577. The van der Waals surface area contributed by atoms with Crippen LogP contribution in [-0.4, -0.2) is 13.6 Å². The molecule has 1 N–H and O–H groups in total. The van der Waals surface area contributed by atoms with Crippen molar-refractivity contribution in [1.82, 2.24) is 5.32 Å². The zero-order valence-electron chi connectivity index (χ0n) is 9.67. The van der Waals surface area contributed by atoms with Crippen molar-refractivity contribution < 1.29 is 0 Å². The van der Waals surface area contributed by atoms with Crippen LogP contribution in [0.5, 0.6) is 0 Å². The summed E-state index contributed by atoms with van der Waals surface area (Å²) < 4.78 is 0. The van der Waals surface area contributed by atoms with Crippen LogP contribution in [0.1, 0.15) is 32.3 Å². The van der Waals surface area contributed by atoms with Gasteiger partial charge in [0.05, 0.1) is 0 Å². The molecule has 1 unspecified atom stereocenters. The molecule has 0 spiro atoms. The smallest absolute Gasteiger partial charge is 0.00221 e. The highest BCUT2D eigenvalue weighted by Crippen LogP contribution is 2.34. The summed E-state index contributed by atoms with van der Waals surface area (Å²) in [6.45, 7) is 7.92. The van der Waals surface area contributed by atoms with Gasteiger partial charge in [0, 0.05) is 12.5 Å². The molecule has 0 aliphatic rings. The summed E-state index contributed by atoms with van der Waals surface area (Å²) in [6.07, 6.45) is 0. The van der Waals surface area contributed by atoms with Gasteiger partial charge in [0.2, 0.25) is 0 Å². The fourth-order valence-electron chi connectivity index (χ4n) is 1.81. The molecule has 1 atom stereocenters. The predicted octanol–water partition coefficient (Wildman–Crippen LogP) is 3.04. The van der Waals surface area contributed by atoms with E-state index in [-0.39, 0.29) is 0 Å². The van der Waals surface area contributed by atoms with Crippen molar-refractivity contribution in [2.75, 3.05) is 13.6 Å². The Morgan fingerprint density at radius 2 is 1.71 bits per heavy atom. The van der Waals surface area contributed by atoms with Crippen molar-refractivity contribution in [2.45, 2.75) is 26.7 Å². The number of likely N-dealkylation sites (N-methyl/N-ethyl adjacent to an activating group) is 1. The monoisotopic (exact) mass is 191 g/mol. The van der Waals surface area contributed by atoms with Gasteiger partial charge in [-0.2, -0.15) is 0 Å². The van der Waals surface area contributed by atoms with Crippen LogP contribution >= 0.6 is 0 Å². The molecule has 0 heterocycles. The van der Waals surface area contributed by atoms with Gasteiger partial charge in [0.25, 0.3) is 0 Å². The summed E-state index contributed by atoms with van der Waals surface area (Å²) in [5, 5.41) is 3.27. The van der Waals surface area contributed by atoms with Gasteiger partial charge in [-0.25, -0.2) is 0 Å². The fraction of sp³-hybridized carbons (Fsp3) is 0.538. The number of hydrogen-bond donors (Lipinski definition) is 1. The molecule has 78 valence electrons. The van der Waals surface area contributed by atoms with E-state index >= 15 is 0 Å². The first-order valence-corrected chi connectivity index (χ1v) is 5.25. The lowest BCUT2D eigenvalue weighted by Crippen LogP contribution is -2.28. The van der Waals surface area contributed by atoms with Crippen LogP contribution < -0.4 is 5.32 Å². The van der Waals surface area contributed by atoms with E-state index in [9.17, 15) is 0 Å². The highest BCUT2D eigenvalue weighted by Gasteiger charge is 2.24. The van der Waals surface area contributed by atoms with Crippen molar-refractivity contribution in [3.8, 4) is 0 Å². The highest BCUT2D eigenvalue weighted by molar-refractivity contribution is 5.21. The van der Waals surface area contributed by atoms with Crippen LogP contribution in [0.3, 0.4) is 0 Å². The third-order valence-electron chi connectivity index (χ3n) is 2.66. The second-order valence-corrected chi connectivity index (χ2v) is 4.89. The van der Waals surface area contributed by atoms with Gasteiger partial charge in [-0.3, -0.25) is 0 Å². The van der Waals surface area contributed by atoms with E-state index in [1.54, 1.807) is 0 Å². The summed E-state index contributed by atoms with van der Waals surface area (Å²) in [7, 11) is 2.02. The Kier molecular flexibility index (Phi) is 3.70. The zero-order chi connectivity index (χ0) is 10.6. The molecule has 1 aromatic carbocycles. The minimum atomic E-state index is 0.310. The minimum absolute atomic E-state index is 0.310. The topological polar surface area (TPSA) is 12.0 Å².